The number of benzene rings is 4. The Bertz CT molecular complexity index is 2110. The normalized spacial score (nSPS) is 12.2. The van der Waals surface area contributed by atoms with E-state index in [0.717, 1.165) is 7.94 Å². The Labute approximate surface area is 225 Å². The molecule has 194 valence electrons. The summed E-state index contributed by atoms with van der Waals surface area (Å²) in [6.07, 6.45) is 0. The number of para-hydroxylation sites is 2. The van der Waals surface area contributed by atoms with E-state index in [4.69, 9.17) is 0 Å². The Morgan fingerprint density at radius 3 is 1.67 bits per heavy atom. The molecule has 6 rings (SSSR count). The van der Waals surface area contributed by atoms with Crippen molar-refractivity contribution in [2.24, 2.45) is 0 Å². The van der Waals surface area contributed by atoms with Gasteiger partial charge in [0.05, 0.1) is 37.8 Å². The van der Waals surface area contributed by atoms with Gasteiger partial charge >= 0.3 is 0 Å². The SMILES string of the molecule is CC(=O)c1c(-c2cc3ccccc3n2S(=O)(=O)c2ccccc2)n(S(=O)(=O)c2ccccc2)c2ccccc12. The summed E-state index contributed by atoms with van der Waals surface area (Å²) in [5.74, 6) is -0.392. The van der Waals surface area contributed by atoms with E-state index in [1.807, 2.05) is 0 Å². The highest BCUT2D eigenvalue weighted by molar-refractivity contribution is 7.90. The summed E-state index contributed by atoms with van der Waals surface area (Å²) in [4.78, 5) is 13.3. The highest BCUT2D eigenvalue weighted by Crippen LogP contribution is 2.40. The average Bonchev–Trinajstić information content (AvgIpc) is 3.51. The highest BCUT2D eigenvalue weighted by Gasteiger charge is 2.34. The van der Waals surface area contributed by atoms with Crippen molar-refractivity contribution < 1.29 is 21.6 Å². The molecule has 0 bridgehead atoms. The van der Waals surface area contributed by atoms with Gasteiger partial charge in [0.2, 0.25) is 0 Å². The van der Waals surface area contributed by atoms with Gasteiger partial charge in [-0.05, 0) is 49.4 Å². The number of aromatic nitrogens is 2. The number of ketones is 1. The molecular weight excluding hydrogens is 532 g/mol. The lowest BCUT2D eigenvalue weighted by molar-refractivity contribution is 0.101. The van der Waals surface area contributed by atoms with Crippen LogP contribution in [-0.2, 0) is 20.0 Å². The van der Waals surface area contributed by atoms with Gasteiger partial charge in [-0.3, -0.25) is 4.79 Å². The topological polar surface area (TPSA) is 95.2 Å². The van der Waals surface area contributed by atoms with Crippen LogP contribution in [-0.4, -0.2) is 30.6 Å². The van der Waals surface area contributed by atoms with E-state index in [1.165, 1.54) is 31.2 Å². The molecule has 0 N–H and O–H groups in total. The van der Waals surface area contributed by atoms with Crippen molar-refractivity contribution in [3.63, 3.8) is 0 Å². The zero-order valence-electron chi connectivity index (χ0n) is 20.7. The van der Waals surface area contributed by atoms with E-state index >= 15 is 0 Å². The monoisotopic (exact) mass is 554 g/mol. The molecule has 0 aliphatic heterocycles. The third kappa shape index (κ3) is 3.81. The van der Waals surface area contributed by atoms with Crippen molar-refractivity contribution in [1.82, 2.24) is 7.94 Å². The number of fused-ring (bicyclic) bond motifs is 2. The maximum absolute atomic E-state index is 14.2. The summed E-state index contributed by atoms with van der Waals surface area (Å²) < 4.78 is 59.0. The molecule has 0 aliphatic carbocycles. The van der Waals surface area contributed by atoms with Gasteiger partial charge in [-0.15, -0.1) is 0 Å². The maximum atomic E-state index is 14.2. The van der Waals surface area contributed by atoms with Crippen molar-refractivity contribution in [3.05, 3.63) is 121 Å². The number of rotatable bonds is 6. The zero-order chi connectivity index (χ0) is 27.4. The van der Waals surface area contributed by atoms with Gasteiger partial charge in [-0.2, -0.15) is 0 Å². The molecule has 0 amide bonds. The van der Waals surface area contributed by atoms with Crippen LogP contribution < -0.4 is 0 Å². The fourth-order valence-electron chi connectivity index (χ4n) is 5.00. The second-order valence-corrected chi connectivity index (χ2v) is 12.6. The Kier molecular flexibility index (Phi) is 5.78. The van der Waals surface area contributed by atoms with Crippen LogP contribution >= 0.6 is 0 Å². The Balaban J connectivity index is 1.83. The van der Waals surface area contributed by atoms with Crippen LogP contribution in [0.4, 0.5) is 0 Å². The van der Waals surface area contributed by atoms with Crippen LogP contribution in [0, 0.1) is 0 Å². The van der Waals surface area contributed by atoms with E-state index in [9.17, 15) is 21.6 Å². The molecule has 0 radical (unpaired) electrons. The van der Waals surface area contributed by atoms with Gasteiger partial charge in [0, 0.05) is 10.8 Å². The molecule has 6 aromatic rings. The van der Waals surface area contributed by atoms with Gasteiger partial charge in [0.1, 0.15) is 0 Å². The molecule has 0 saturated heterocycles. The lowest BCUT2D eigenvalue weighted by Crippen LogP contribution is -2.19. The second kappa shape index (κ2) is 9.07. The summed E-state index contributed by atoms with van der Waals surface area (Å²) in [7, 11) is -8.48. The van der Waals surface area contributed by atoms with Crippen molar-refractivity contribution in [3.8, 4) is 11.4 Å². The minimum absolute atomic E-state index is 0.00989. The zero-order valence-corrected chi connectivity index (χ0v) is 22.4. The van der Waals surface area contributed by atoms with Crippen LogP contribution in [0.25, 0.3) is 33.2 Å². The van der Waals surface area contributed by atoms with Crippen molar-refractivity contribution >= 4 is 47.6 Å². The Morgan fingerprint density at radius 1 is 0.590 bits per heavy atom. The fourth-order valence-corrected chi connectivity index (χ4v) is 8.09. The lowest BCUT2D eigenvalue weighted by atomic mass is 10.1. The molecule has 0 spiro atoms. The van der Waals surface area contributed by atoms with E-state index in [0.29, 0.717) is 16.3 Å². The predicted molar refractivity (Wildman–Crippen MR) is 151 cm³/mol. The van der Waals surface area contributed by atoms with E-state index < -0.39 is 25.8 Å². The minimum Gasteiger partial charge on any atom is -0.294 e. The number of nitrogens with zero attached hydrogens (tertiary/aromatic N) is 2. The van der Waals surface area contributed by atoms with Crippen molar-refractivity contribution in [2.75, 3.05) is 0 Å². The Hall–Kier alpha value is -4.47. The smallest absolute Gasteiger partial charge is 0.268 e. The standard InChI is InChI=1S/C30H22N2O5S2/c1-21(33)29-25-17-9-11-19-27(25)32(39(36,37)24-15-6-3-7-16-24)30(29)28-20-22-12-8-10-18-26(22)31(28)38(34,35)23-13-4-2-5-14-23/h2-20H,1H3. The summed E-state index contributed by atoms with van der Waals surface area (Å²) in [5.41, 5.74) is 0.817. The molecule has 0 unspecified atom stereocenters. The molecule has 9 heteroatoms. The molecule has 0 aliphatic rings. The Morgan fingerprint density at radius 2 is 1.08 bits per heavy atom. The molecule has 0 fully saturated rings. The minimum atomic E-state index is -4.27. The summed E-state index contributed by atoms with van der Waals surface area (Å²) in [6.45, 7) is 1.35. The maximum Gasteiger partial charge on any atom is 0.268 e. The van der Waals surface area contributed by atoms with Gasteiger partial charge in [-0.25, -0.2) is 24.8 Å². The van der Waals surface area contributed by atoms with Gasteiger partial charge < -0.3 is 0 Å². The van der Waals surface area contributed by atoms with Crippen LogP contribution in [0.2, 0.25) is 0 Å². The number of Topliss-reactive ketones (excluding diaryl/α,β-unsaturated/α-hetero) is 1. The molecule has 0 saturated carbocycles. The molecule has 0 atom stereocenters. The summed E-state index contributed by atoms with van der Waals surface area (Å²) >= 11 is 0. The number of carbonyl (C=O) groups excluding carboxylic acids is 1. The first-order valence-electron chi connectivity index (χ1n) is 12.1. The second-order valence-electron chi connectivity index (χ2n) is 9.05. The van der Waals surface area contributed by atoms with Gasteiger partial charge in [0.15, 0.2) is 5.78 Å². The van der Waals surface area contributed by atoms with Crippen LogP contribution in [0.3, 0.4) is 0 Å². The van der Waals surface area contributed by atoms with Crippen LogP contribution in [0.1, 0.15) is 17.3 Å². The van der Waals surface area contributed by atoms with E-state index in [1.54, 1.807) is 91.0 Å². The number of carbonyl (C=O) groups is 1. The predicted octanol–water partition coefficient (Wildman–Crippen LogP) is 5.94. The van der Waals surface area contributed by atoms with Gasteiger partial charge in [-0.1, -0.05) is 72.8 Å². The number of hydrogen-bond acceptors (Lipinski definition) is 5. The first kappa shape index (κ1) is 24.8. The molecular formula is C30H22N2O5S2. The highest BCUT2D eigenvalue weighted by atomic mass is 32.2. The first-order valence-corrected chi connectivity index (χ1v) is 15.0. The molecule has 39 heavy (non-hydrogen) atoms. The first-order chi connectivity index (χ1) is 18.7. The van der Waals surface area contributed by atoms with E-state index in [-0.39, 0.29) is 32.3 Å². The summed E-state index contributed by atoms with van der Waals surface area (Å²) in [6, 6.07) is 31.0. The summed E-state index contributed by atoms with van der Waals surface area (Å²) in [5, 5.41) is 0.990. The third-order valence-corrected chi connectivity index (χ3v) is 10.1. The molecule has 7 nitrogen and oxygen atoms in total. The quantitative estimate of drug-likeness (QED) is 0.238. The largest absolute Gasteiger partial charge is 0.294 e. The lowest BCUT2D eigenvalue weighted by Gasteiger charge is -2.16. The third-order valence-electron chi connectivity index (χ3n) is 6.66. The average molecular weight is 555 g/mol. The molecule has 2 heterocycles. The molecule has 2 aromatic heterocycles. The van der Waals surface area contributed by atoms with Crippen LogP contribution in [0.15, 0.2) is 125 Å². The van der Waals surface area contributed by atoms with Crippen molar-refractivity contribution in [2.45, 2.75) is 16.7 Å². The number of hydrogen-bond donors (Lipinski definition) is 0. The molecule has 4 aromatic carbocycles. The van der Waals surface area contributed by atoms with Gasteiger partial charge in [0.25, 0.3) is 20.0 Å². The van der Waals surface area contributed by atoms with Crippen molar-refractivity contribution in [1.29, 1.82) is 0 Å². The van der Waals surface area contributed by atoms with E-state index in [2.05, 4.69) is 0 Å². The fraction of sp³-hybridized carbons (Fsp3) is 0.0333. The van der Waals surface area contributed by atoms with Crippen LogP contribution in [0.5, 0.6) is 0 Å².